The Morgan fingerprint density at radius 3 is 2.54 bits per heavy atom. The number of benzene rings is 2. The maximum Gasteiger partial charge on any atom is 0.338 e. The quantitative estimate of drug-likeness (QED) is 0.771. The van der Waals surface area contributed by atoms with Crippen molar-refractivity contribution in [3.63, 3.8) is 0 Å². The summed E-state index contributed by atoms with van der Waals surface area (Å²) in [6.45, 7) is 5.88. The van der Waals surface area contributed by atoms with E-state index in [2.05, 4.69) is 6.07 Å². The van der Waals surface area contributed by atoms with Crippen molar-refractivity contribution in [1.29, 1.82) is 0 Å². The molecule has 1 aliphatic rings. The summed E-state index contributed by atoms with van der Waals surface area (Å²) in [5.41, 5.74) is 2.60. The van der Waals surface area contributed by atoms with E-state index in [0.29, 0.717) is 17.9 Å². The lowest BCUT2D eigenvalue weighted by Crippen LogP contribution is -2.43. The first-order valence-electron chi connectivity index (χ1n) is 8.86. The van der Waals surface area contributed by atoms with E-state index < -0.39 is 6.10 Å². The zero-order chi connectivity index (χ0) is 18.7. The fourth-order valence-corrected chi connectivity index (χ4v) is 3.24. The molecule has 2 aromatic carbocycles. The third kappa shape index (κ3) is 3.57. The van der Waals surface area contributed by atoms with Gasteiger partial charge < -0.3 is 14.4 Å². The normalized spacial score (nSPS) is 16.7. The average Bonchev–Trinajstić information content (AvgIpc) is 2.97. The molecule has 0 saturated carbocycles. The number of carbonyl (C=O) groups excluding carboxylic acids is 2. The molecule has 0 saturated heterocycles. The summed E-state index contributed by atoms with van der Waals surface area (Å²) in [5, 5.41) is 0. The van der Waals surface area contributed by atoms with Crippen molar-refractivity contribution in [3.8, 4) is 5.75 Å². The van der Waals surface area contributed by atoms with Crippen LogP contribution in [-0.2, 0) is 16.0 Å². The Labute approximate surface area is 153 Å². The van der Waals surface area contributed by atoms with Crippen LogP contribution in [0.4, 0.5) is 5.69 Å². The van der Waals surface area contributed by atoms with Gasteiger partial charge in [-0.1, -0.05) is 18.2 Å². The summed E-state index contributed by atoms with van der Waals surface area (Å²) in [5.74, 6) is 0.0987. The Kier molecular flexibility index (Phi) is 5.26. The van der Waals surface area contributed by atoms with Gasteiger partial charge in [0.2, 0.25) is 0 Å². The number of hydrogen-bond donors (Lipinski definition) is 0. The number of anilines is 1. The van der Waals surface area contributed by atoms with Crippen LogP contribution in [0.3, 0.4) is 0 Å². The highest BCUT2D eigenvalue weighted by molar-refractivity contribution is 5.99. The maximum atomic E-state index is 12.9. The van der Waals surface area contributed by atoms with E-state index in [1.165, 1.54) is 5.56 Å². The zero-order valence-corrected chi connectivity index (χ0v) is 15.3. The predicted molar refractivity (Wildman–Crippen MR) is 99.6 cm³/mol. The van der Waals surface area contributed by atoms with Crippen LogP contribution < -0.4 is 9.64 Å². The first kappa shape index (κ1) is 18.0. The molecule has 26 heavy (non-hydrogen) atoms. The second kappa shape index (κ2) is 7.60. The van der Waals surface area contributed by atoms with Gasteiger partial charge in [-0.3, -0.25) is 4.79 Å². The standard InChI is InChI=1S/C21H23NO4/c1-4-25-21(24)16-9-11-18(12-10-16)26-15(3)20(23)22-14(2)13-17-7-5-6-8-19(17)22/h5-12,14-15H,4,13H2,1-3H3/t14-,15+/m0/s1. The molecule has 3 rings (SSSR count). The fourth-order valence-electron chi connectivity index (χ4n) is 3.24. The molecule has 1 amide bonds. The average molecular weight is 353 g/mol. The fraction of sp³-hybridized carbons (Fsp3) is 0.333. The molecular weight excluding hydrogens is 330 g/mol. The van der Waals surface area contributed by atoms with Crippen LogP contribution in [0.25, 0.3) is 0 Å². The smallest absolute Gasteiger partial charge is 0.338 e. The van der Waals surface area contributed by atoms with Gasteiger partial charge in [0.05, 0.1) is 12.2 Å². The van der Waals surface area contributed by atoms with Crippen molar-refractivity contribution >= 4 is 17.6 Å². The molecule has 0 bridgehead atoms. The molecule has 1 aliphatic heterocycles. The summed E-state index contributed by atoms with van der Waals surface area (Å²) < 4.78 is 10.8. The molecule has 0 unspecified atom stereocenters. The van der Waals surface area contributed by atoms with Crippen molar-refractivity contribution in [2.24, 2.45) is 0 Å². The highest BCUT2D eigenvalue weighted by Gasteiger charge is 2.33. The van der Waals surface area contributed by atoms with Crippen LogP contribution in [0.15, 0.2) is 48.5 Å². The van der Waals surface area contributed by atoms with Gasteiger partial charge in [-0.15, -0.1) is 0 Å². The summed E-state index contributed by atoms with van der Waals surface area (Å²) in [7, 11) is 0. The van der Waals surface area contributed by atoms with Crippen LogP contribution in [-0.4, -0.2) is 30.6 Å². The van der Waals surface area contributed by atoms with Crippen molar-refractivity contribution in [1.82, 2.24) is 0 Å². The number of hydrogen-bond acceptors (Lipinski definition) is 4. The van der Waals surface area contributed by atoms with Gasteiger partial charge in [0.15, 0.2) is 6.10 Å². The van der Waals surface area contributed by atoms with Gasteiger partial charge in [0.25, 0.3) is 5.91 Å². The molecule has 1 heterocycles. The van der Waals surface area contributed by atoms with Crippen LogP contribution in [0.2, 0.25) is 0 Å². The van der Waals surface area contributed by atoms with E-state index in [1.807, 2.05) is 30.0 Å². The molecule has 5 heteroatoms. The summed E-state index contributed by atoms with van der Waals surface area (Å²) in [6, 6.07) is 14.7. The van der Waals surface area contributed by atoms with E-state index in [4.69, 9.17) is 9.47 Å². The number of carbonyl (C=O) groups is 2. The van der Waals surface area contributed by atoms with E-state index in [0.717, 1.165) is 12.1 Å². The van der Waals surface area contributed by atoms with E-state index in [9.17, 15) is 9.59 Å². The third-order valence-electron chi connectivity index (χ3n) is 4.47. The number of esters is 1. The summed E-state index contributed by atoms with van der Waals surface area (Å²) in [6.07, 6.45) is 0.222. The Bertz CT molecular complexity index is 800. The molecule has 0 aliphatic carbocycles. The molecule has 0 spiro atoms. The van der Waals surface area contributed by atoms with Crippen LogP contribution >= 0.6 is 0 Å². The van der Waals surface area contributed by atoms with Crippen molar-refractivity contribution < 1.29 is 19.1 Å². The van der Waals surface area contributed by atoms with E-state index in [1.54, 1.807) is 38.1 Å². The zero-order valence-electron chi connectivity index (χ0n) is 15.3. The lowest BCUT2D eigenvalue weighted by Gasteiger charge is -2.26. The van der Waals surface area contributed by atoms with Crippen molar-refractivity contribution in [2.45, 2.75) is 39.3 Å². The first-order chi connectivity index (χ1) is 12.5. The lowest BCUT2D eigenvalue weighted by molar-refractivity contribution is -0.124. The second-order valence-corrected chi connectivity index (χ2v) is 6.40. The van der Waals surface area contributed by atoms with E-state index >= 15 is 0 Å². The van der Waals surface area contributed by atoms with Gasteiger partial charge in [-0.25, -0.2) is 4.79 Å². The van der Waals surface area contributed by atoms with Gasteiger partial charge in [-0.2, -0.15) is 0 Å². The summed E-state index contributed by atoms with van der Waals surface area (Å²) in [4.78, 5) is 26.4. The monoisotopic (exact) mass is 353 g/mol. The van der Waals surface area contributed by atoms with Gasteiger partial charge in [0.1, 0.15) is 5.75 Å². The van der Waals surface area contributed by atoms with Crippen molar-refractivity contribution in [2.75, 3.05) is 11.5 Å². The van der Waals surface area contributed by atoms with Gasteiger partial charge in [0, 0.05) is 11.7 Å². The number of ether oxygens (including phenoxy) is 2. The molecule has 0 aromatic heterocycles. The second-order valence-electron chi connectivity index (χ2n) is 6.40. The largest absolute Gasteiger partial charge is 0.481 e. The Hall–Kier alpha value is -2.82. The minimum atomic E-state index is -0.628. The highest BCUT2D eigenvalue weighted by Crippen LogP contribution is 2.32. The topological polar surface area (TPSA) is 55.8 Å². The highest BCUT2D eigenvalue weighted by atomic mass is 16.5. The molecule has 0 N–H and O–H groups in total. The van der Waals surface area contributed by atoms with Crippen LogP contribution in [0, 0.1) is 0 Å². The predicted octanol–water partition coefficient (Wildman–Crippen LogP) is 3.61. The number of fused-ring (bicyclic) bond motifs is 1. The Morgan fingerprint density at radius 1 is 1.15 bits per heavy atom. The molecular formula is C21H23NO4. The third-order valence-corrected chi connectivity index (χ3v) is 4.47. The maximum absolute atomic E-state index is 12.9. The molecule has 2 atom stereocenters. The number of amides is 1. The van der Waals surface area contributed by atoms with E-state index in [-0.39, 0.29) is 17.9 Å². The first-order valence-corrected chi connectivity index (χ1v) is 8.86. The molecule has 5 nitrogen and oxygen atoms in total. The molecule has 136 valence electrons. The summed E-state index contributed by atoms with van der Waals surface area (Å²) >= 11 is 0. The number of nitrogens with zero attached hydrogens (tertiary/aromatic N) is 1. The van der Waals surface area contributed by atoms with Crippen LogP contribution in [0.5, 0.6) is 5.75 Å². The molecule has 2 aromatic rings. The van der Waals surface area contributed by atoms with Gasteiger partial charge >= 0.3 is 5.97 Å². The van der Waals surface area contributed by atoms with Crippen LogP contribution in [0.1, 0.15) is 36.7 Å². The molecule has 0 radical (unpaired) electrons. The Balaban J connectivity index is 1.69. The minimum absolute atomic E-state index is 0.0723. The lowest BCUT2D eigenvalue weighted by atomic mass is 10.1. The molecule has 0 fully saturated rings. The number of rotatable bonds is 5. The van der Waals surface area contributed by atoms with Crippen molar-refractivity contribution in [3.05, 3.63) is 59.7 Å². The van der Waals surface area contributed by atoms with Gasteiger partial charge in [-0.05, 0) is 63.1 Å². The number of para-hydroxylation sites is 1. The SMILES string of the molecule is CCOC(=O)c1ccc(O[C@H](C)C(=O)N2c3ccccc3C[C@@H]2C)cc1. The minimum Gasteiger partial charge on any atom is -0.481 e. The Morgan fingerprint density at radius 2 is 1.85 bits per heavy atom.